The second kappa shape index (κ2) is 9.63. The van der Waals surface area contributed by atoms with Crippen LogP contribution in [0.5, 0.6) is 5.75 Å². The zero-order chi connectivity index (χ0) is 18.9. The van der Waals surface area contributed by atoms with Gasteiger partial charge in [-0.25, -0.2) is 4.79 Å². The van der Waals surface area contributed by atoms with Gasteiger partial charge in [0.15, 0.2) is 0 Å². The lowest BCUT2D eigenvalue weighted by molar-refractivity contribution is 0.155. The van der Waals surface area contributed by atoms with Crippen molar-refractivity contribution in [1.29, 1.82) is 5.26 Å². The van der Waals surface area contributed by atoms with E-state index in [0.717, 1.165) is 29.7 Å². The maximum Gasteiger partial charge on any atom is 0.315 e. The third-order valence-electron chi connectivity index (χ3n) is 4.74. The average molecular weight is 363 g/mol. The third-order valence-corrected chi connectivity index (χ3v) is 4.74. The van der Waals surface area contributed by atoms with Gasteiger partial charge in [0.1, 0.15) is 5.75 Å². The number of benzene rings is 2. The Balaban J connectivity index is 1.44. The molecule has 2 aromatic rings. The molecule has 2 amide bonds. The Bertz CT molecular complexity index is 790. The molecule has 0 unspecified atom stereocenters. The van der Waals surface area contributed by atoms with Crippen LogP contribution in [0.15, 0.2) is 48.5 Å². The molecule has 1 saturated carbocycles. The van der Waals surface area contributed by atoms with E-state index < -0.39 is 0 Å². The summed E-state index contributed by atoms with van der Waals surface area (Å²) in [6.45, 7) is 0.865. The van der Waals surface area contributed by atoms with Gasteiger partial charge in [-0.15, -0.1) is 0 Å². The highest BCUT2D eigenvalue weighted by atomic mass is 16.5. The third kappa shape index (κ3) is 6.03. The van der Waals surface area contributed by atoms with Gasteiger partial charge in [-0.05, 0) is 61.1 Å². The smallest absolute Gasteiger partial charge is 0.315 e. The van der Waals surface area contributed by atoms with E-state index in [1.807, 2.05) is 36.4 Å². The Kier molecular flexibility index (Phi) is 6.70. The predicted octanol–water partition coefficient (Wildman–Crippen LogP) is 4.27. The van der Waals surface area contributed by atoms with Crippen molar-refractivity contribution in [3.8, 4) is 11.8 Å². The monoisotopic (exact) mass is 363 g/mol. The number of nitrogens with zero attached hydrogens (tertiary/aromatic N) is 1. The van der Waals surface area contributed by atoms with Crippen LogP contribution in [0.25, 0.3) is 0 Å². The maximum absolute atomic E-state index is 12.0. The van der Waals surface area contributed by atoms with Crippen LogP contribution < -0.4 is 15.4 Å². The Morgan fingerprint density at radius 3 is 2.41 bits per heavy atom. The van der Waals surface area contributed by atoms with E-state index >= 15 is 0 Å². The minimum Gasteiger partial charge on any atom is -0.490 e. The second-order valence-electron chi connectivity index (χ2n) is 6.87. The summed E-state index contributed by atoms with van der Waals surface area (Å²) in [5.74, 6) is 0.874. The molecule has 0 spiro atoms. The standard InChI is InChI=1S/C22H25N3O2/c23-14-17-9-11-18(12-10-17)15-24-22(26)25-16-19-5-4-8-21(13-19)27-20-6-2-1-3-7-20/h4-5,8-13,20H,1-3,6-7,15-16H2,(H2,24,25,26). The molecule has 0 atom stereocenters. The Morgan fingerprint density at radius 1 is 1.00 bits per heavy atom. The van der Waals surface area contributed by atoms with Crippen molar-refractivity contribution in [2.24, 2.45) is 0 Å². The number of amides is 2. The van der Waals surface area contributed by atoms with Crippen molar-refractivity contribution in [2.45, 2.75) is 51.3 Å². The molecule has 0 bridgehead atoms. The molecule has 3 rings (SSSR count). The molecule has 1 aliphatic carbocycles. The van der Waals surface area contributed by atoms with Crippen LogP contribution in [0.4, 0.5) is 4.79 Å². The summed E-state index contributed by atoms with van der Waals surface area (Å²) >= 11 is 0. The van der Waals surface area contributed by atoms with E-state index in [-0.39, 0.29) is 6.03 Å². The molecule has 5 heteroatoms. The van der Waals surface area contributed by atoms with Crippen LogP contribution in [0.3, 0.4) is 0 Å². The van der Waals surface area contributed by atoms with Crippen LogP contribution in [0, 0.1) is 11.3 Å². The van der Waals surface area contributed by atoms with Crippen LogP contribution in [0.2, 0.25) is 0 Å². The van der Waals surface area contributed by atoms with Gasteiger partial charge < -0.3 is 15.4 Å². The van der Waals surface area contributed by atoms with Gasteiger partial charge in [0.2, 0.25) is 0 Å². The average Bonchev–Trinajstić information content (AvgIpc) is 2.72. The highest BCUT2D eigenvalue weighted by molar-refractivity contribution is 5.73. The molecule has 1 fully saturated rings. The van der Waals surface area contributed by atoms with E-state index in [1.54, 1.807) is 12.1 Å². The molecule has 0 aromatic heterocycles. The number of ether oxygens (including phenoxy) is 1. The fraction of sp³-hybridized carbons (Fsp3) is 0.364. The van der Waals surface area contributed by atoms with E-state index in [0.29, 0.717) is 24.8 Å². The van der Waals surface area contributed by atoms with Gasteiger partial charge in [-0.1, -0.05) is 30.7 Å². The lowest BCUT2D eigenvalue weighted by Gasteiger charge is -2.23. The molecule has 1 aliphatic rings. The Labute approximate surface area is 160 Å². The van der Waals surface area contributed by atoms with Crippen LogP contribution in [0.1, 0.15) is 48.8 Å². The van der Waals surface area contributed by atoms with Gasteiger partial charge in [0, 0.05) is 13.1 Å². The summed E-state index contributed by atoms with van der Waals surface area (Å²) in [7, 11) is 0. The molecule has 2 N–H and O–H groups in total. The molecule has 140 valence electrons. The Hall–Kier alpha value is -3.00. The molecular formula is C22H25N3O2. The zero-order valence-electron chi connectivity index (χ0n) is 15.4. The number of urea groups is 1. The van der Waals surface area contributed by atoms with Gasteiger partial charge in [-0.3, -0.25) is 0 Å². The first-order chi connectivity index (χ1) is 13.2. The quantitative estimate of drug-likeness (QED) is 0.805. The highest BCUT2D eigenvalue weighted by Gasteiger charge is 2.14. The Morgan fingerprint density at radius 2 is 1.70 bits per heavy atom. The van der Waals surface area contributed by atoms with Crippen molar-refractivity contribution < 1.29 is 9.53 Å². The van der Waals surface area contributed by atoms with Crippen molar-refractivity contribution in [3.05, 3.63) is 65.2 Å². The lowest BCUT2D eigenvalue weighted by Crippen LogP contribution is -2.34. The number of rotatable bonds is 6. The van der Waals surface area contributed by atoms with Crippen LogP contribution >= 0.6 is 0 Å². The molecule has 2 aromatic carbocycles. The molecule has 0 radical (unpaired) electrons. The minimum atomic E-state index is -0.224. The van der Waals surface area contributed by atoms with Crippen molar-refractivity contribution in [1.82, 2.24) is 10.6 Å². The van der Waals surface area contributed by atoms with Gasteiger partial charge in [0.25, 0.3) is 0 Å². The topological polar surface area (TPSA) is 74.2 Å². The predicted molar refractivity (Wildman–Crippen MR) is 104 cm³/mol. The fourth-order valence-electron chi connectivity index (χ4n) is 3.23. The molecule has 27 heavy (non-hydrogen) atoms. The summed E-state index contributed by atoms with van der Waals surface area (Å²) < 4.78 is 6.08. The van der Waals surface area contributed by atoms with Crippen LogP contribution in [-0.2, 0) is 13.1 Å². The number of carbonyl (C=O) groups is 1. The van der Waals surface area contributed by atoms with Gasteiger partial charge in [0.05, 0.1) is 17.7 Å². The normalized spacial score (nSPS) is 14.2. The van der Waals surface area contributed by atoms with Crippen molar-refractivity contribution >= 4 is 6.03 Å². The van der Waals surface area contributed by atoms with Crippen LogP contribution in [-0.4, -0.2) is 12.1 Å². The number of hydrogen-bond donors (Lipinski definition) is 2. The van der Waals surface area contributed by atoms with Crippen molar-refractivity contribution in [3.63, 3.8) is 0 Å². The lowest BCUT2D eigenvalue weighted by atomic mass is 9.98. The first kappa shape index (κ1) is 18.8. The van der Waals surface area contributed by atoms with E-state index in [9.17, 15) is 4.79 Å². The first-order valence-corrected chi connectivity index (χ1v) is 9.49. The SMILES string of the molecule is N#Cc1ccc(CNC(=O)NCc2cccc(OC3CCCCC3)c2)cc1. The molecule has 5 nitrogen and oxygen atoms in total. The number of nitriles is 1. The van der Waals surface area contributed by atoms with E-state index in [1.165, 1.54) is 19.3 Å². The summed E-state index contributed by atoms with van der Waals surface area (Å²) in [6.07, 6.45) is 6.36. The molecule has 0 aliphatic heterocycles. The van der Waals surface area contributed by atoms with Gasteiger partial charge >= 0.3 is 6.03 Å². The zero-order valence-corrected chi connectivity index (χ0v) is 15.4. The van der Waals surface area contributed by atoms with E-state index in [2.05, 4.69) is 16.7 Å². The van der Waals surface area contributed by atoms with Crippen molar-refractivity contribution in [2.75, 3.05) is 0 Å². The second-order valence-corrected chi connectivity index (χ2v) is 6.87. The summed E-state index contributed by atoms with van der Waals surface area (Å²) in [5.41, 5.74) is 2.57. The van der Waals surface area contributed by atoms with E-state index in [4.69, 9.17) is 10.00 Å². The number of carbonyl (C=O) groups excluding carboxylic acids is 1. The maximum atomic E-state index is 12.0. The number of nitrogens with one attached hydrogen (secondary N) is 2. The number of hydrogen-bond acceptors (Lipinski definition) is 3. The molecule has 0 heterocycles. The van der Waals surface area contributed by atoms with Gasteiger partial charge in [-0.2, -0.15) is 5.26 Å². The largest absolute Gasteiger partial charge is 0.490 e. The summed E-state index contributed by atoms with van der Waals surface area (Å²) in [6, 6.07) is 16.9. The highest BCUT2D eigenvalue weighted by Crippen LogP contribution is 2.23. The summed E-state index contributed by atoms with van der Waals surface area (Å²) in [5, 5.41) is 14.5. The molecular weight excluding hydrogens is 338 g/mol. The summed E-state index contributed by atoms with van der Waals surface area (Å²) in [4.78, 5) is 12.0. The first-order valence-electron chi connectivity index (χ1n) is 9.49. The molecule has 0 saturated heterocycles. The minimum absolute atomic E-state index is 0.224. The fourth-order valence-corrected chi connectivity index (χ4v) is 3.23.